The Morgan fingerprint density at radius 2 is 2.00 bits per heavy atom. The third-order valence-corrected chi connectivity index (χ3v) is 4.39. The van der Waals surface area contributed by atoms with Crippen molar-refractivity contribution in [3.63, 3.8) is 0 Å². The van der Waals surface area contributed by atoms with E-state index in [-0.39, 0.29) is 5.91 Å². The first kappa shape index (κ1) is 16.0. The van der Waals surface area contributed by atoms with Crippen molar-refractivity contribution in [2.45, 2.75) is 25.5 Å². The standard InChI is InChI=1S/C14H16ClNO4S/c1-14(2,20-10-5-3-9(15)4-6-10)13(19)16-8-21-7-11(16)12(17)18/h3-6,11H,7-8H2,1-2H3,(H,17,18). The highest BCUT2D eigenvalue weighted by Crippen LogP contribution is 2.27. The number of carbonyl (C=O) groups excluding carboxylic acids is 1. The first-order valence-electron chi connectivity index (χ1n) is 6.37. The number of hydrogen-bond donors (Lipinski definition) is 1. The monoisotopic (exact) mass is 329 g/mol. The van der Waals surface area contributed by atoms with E-state index in [9.17, 15) is 9.59 Å². The number of thioether (sulfide) groups is 1. The van der Waals surface area contributed by atoms with E-state index in [1.807, 2.05) is 0 Å². The molecule has 1 aromatic carbocycles. The summed E-state index contributed by atoms with van der Waals surface area (Å²) in [5, 5.41) is 9.73. The Balaban J connectivity index is 2.12. The summed E-state index contributed by atoms with van der Waals surface area (Å²) in [5.41, 5.74) is -1.15. The van der Waals surface area contributed by atoms with Crippen molar-refractivity contribution < 1.29 is 19.4 Å². The second kappa shape index (κ2) is 6.15. The zero-order valence-electron chi connectivity index (χ0n) is 11.7. The van der Waals surface area contributed by atoms with Crippen molar-refractivity contribution in [2.24, 2.45) is 0 Å². The summed E-state index contributed by atoms with van der Waals surface area (Å²) in [6, 6.07) is 5.89. The molecule has 0 bridgehead atoms. The number of rotatable bonds is 4. The Hall–Kier alpha value is -1.40. The first-order chi connectivity index (χ1) is 9.81. The predicted octanol–water partition coefficient (Wildman–Crippen LogP) is 2.48. The molecule has 5 nitrogen and oxygen atoms in total. The fraction of sp³-hybridized carbons (Fsp3) is 0.429. The van der Waals surface area contributed by atoms with Crippen LogP contribution in [0.3, 0.4) is 0 Å². The molecule has 21 heavy (non-hydrogen) atoms. The molecule has 0 aromatic heterocycles. The number of aliphatic carboxylic acids is 1. The topological polar surface area (TPSA) is 66.8 Å². The van der Waals surface area contributed by atoms with Crippen LogP contribution >= 0.6 is 23.4 Å². The Morgan fingerprint density at radius 3 is 2.57 bits per heavy atom. The average Bonchev–Trinajstić information content (AvgIpc) is 2.89. The molecule has 0 saturated carbocycles. The van der Waals surface area contributed by atoms with Crippen molar-refractivity contribution in [3.05, 3.63) is 29.3 Å². The lowest BCUT2D eigenvalue weighted by atomic mass is 10.1. The van der Waals surface area contributed by atoms with Crippen molar-refractivity contribution in [1.82, 2.24) is 4.90 Å². The van der Waals surface area contributed by atoms with E-state index in [0.29, 0.717) is 22.4 Å². The lowest BCUT2D eigenvalue weighted by molar-refractivity contribution is -0.154. The molecule has 1 amide bonds. The van der Waals surface area contributed by atoms with Gasteiger partial charge in [-0.3, -0.25) is 4.79 Å². The van der Waals surface area contributed by atoms with Gasteiger partial charge < -0.3 is 14.7 Å². The quantitative estimate of drug-likeness (QED) is 0.919. The number of hydrogen-bond acceptors (Lipinski definition) is 4. The lowest BCUT2D eigenvalue weighted by Crippen LogP contribution is -2.52. The Kier molecular flexibility index (Phi) is 4.68. The molecule has 0 aliphatic carbocycles. The Labute approximate surface area is 132 Å². The van der Waals surface area contributed by atoms with Gasteiger partial charge in [-0.05, 0) is 38.1 Å². The Bertz CT molecular complexity index is 546. The van der Waals surface area contributed by atoms with Gasteiger partial charge in [0, 0.05) is 10.8 Å². The summed E-state index contributed by atoms with van der Waals surface area (Å²) in [7, 11) is 0. The van der Waals surface area contributed by atoms with Crippen molar-refractivity contribution in [1.29, 1.82) is 0 Å². The molecule has 1 aliphatic rings. The molecule has 1 aliphatic heterocycles. The van der Waals surface area contributed by atoms with Crippen molar-refractivity contribution in [2.75, 3.05) is 11.6 Å². The van der Waals surface area contributed by atoms with E-state index in [2.05, 4.69) is 0 Å². The third-order valence-electron chi connectivity index (χ3n) is 3.13. The highest BCUT2D eigenvalue weighted by molar-refractivity contribution is 7.99. The molecule has 1 N–H and O–H groups in total. The maximum Gasteiger partial charge on any atom is 0.327 e. The van der Waals surface area contributed by atoms with Crippen LogP contribution in [0.4, 0.5) is 0 Å². The van der Waals surface area contributed by atoms with Gasteiger partial charge in [-0.15, -0.1) is 11.8 Å². The molecule has 1 fully saturated rings. The molecule has 1 aromatic rings. The van der Waals surface area contributed by atoms with Crippen molar-refractivity contribution in [3.8, 4) is 5.75 Å². The fourth-order valence-electron chi connectivity index (χ4n) is 2.03. The largest absolute Gasteiger partial charge is 0.480 e. The van der Waals surface area contributed by atoms with Crippen LogP contribution in [0, 0.1) is 0 Å². The minimum Gasteiger partial charge on any atom is -0.480 e. The van der Waals surface area contributed by atoms with Gasteiger partial charge in [0.15, 0.2) is 5.60 Å². The number of amides is 1. The van der Waals surface area contributed by atoms with E-state index in [4.69, 9.17) is 21.4 Å². The van der Waals surface area contributed by atoms with Gasteiger partial charge in [0.25, 0.3) is 5.91 Å². The molecule has 0 spiro atoms. The van der Waals surface area contributed by atoms with Crippen LogP contribution in [0.15, 0.2) is 24.3 Å². The molecule has 114 valence electrons. The number of carbonyl (C=O) groups is 2. The molecule has 1 atom stereocenters. The second-order valence-corrected chi connectivity index (χ2v) is 6.63. The number of carboxylic acids is 1. The van der Waals surface area contributed by atoms with Gasteiger partial charge in [0.05, 0.1) is 5.88 Å². The summed E-state index contributed by atoms with van der Waals surface area (Å²) in [5.74, 6) is -0.0524. The summed E-state index contributed by atoms with van der Waals surface area (Å²) >= 11 is 7.23. The molecule has 1 heterocycles. The van der Waals surface area contributed by atoms with Gasteiger partial charge >= 0.3 is 5.97 Å². The molecular formula is C14H16ClNO4S. The second-order valence-electron chi connectivity index (χ2n) is 5.20. The normalized spacial score (nSPS) is 18.6. The third kappa shape index (κ3) is 3.63. The molecular weight excluding hydrogens is 314 g/mol. The van der Waals surface area contributed by atoms with Gasteiger partial charge in [-0.25, -0.2) is 4.79 Å². The predicted molar refractivity (Wildman–Crippen MR) is 81.8 cm³/mol. The highest BCUT2D eigenvalue weighted by Gasteiger charge is 2.42. The van der Waals surface area contributed by atoms with E-state index >= 15 is 0 Å². The smallest absolute Gasteiger partial charge is 0.327 e. The lowest BCUT2D eigenvalue weighted by Gasteiger charge is -2.31. The number of nitrogens with zero attached hydrogens (tertiary/aromatic N) is 1. The number of carboxylic acid groups (broad SMARTS) is 1. The fourth-order valence-corrected chi connectivity index (χ4v) is 3.31. The van der Waals surface area contributed by atoms with Crippen LogP contribution in [0.2, 0.25) is 5.02 Å². The van der Waals surface area contributed by atoms with E-state index in [1.54, 1.807) is 38.1 Å². The Morgan fingerprint density at radius 1 is 1.38 bits per heavy atom. The van der Waals surface area contributed by atoms with Crippen LogP contribution in [0.1, 0.15) is 13.8 Å². The number of halogens is 1. The molecule has 1 saturated heterocycles. The van der Waals surface area contributed by atoms with E-state index in [1.165, 1.54) is 16.7 Å². The summed E-state index contributed by atoms with van der Waals surface area (Å²) in [6.45, 7) is 3.26. The maximum absolute atomic E-state index is 12.6. The molecule has 2 rings (SSSR count). The van der Waals surface area contributed by atoms with Crippen molar-refractivity contribution >= 4 is 35.2 Å². The minimum absolute atomic E-state index is 0.338. The van der Waals surface area contributed by atoms with Crippen LogP contribution in [-0.2, 0) is 9.59 Å². The van der Waals surface area contributed by atoms with Crippen LogP contribution in [0.5, 0.6) is 5.75 Å². The maximum atomic E-state index is 12.6. The zero-order valence-corrected chi connectivity index (χ0v) is 13.3. The average molecular weight is 330 g/mol. The highest BCUT2D eigenvalue weighted by atomic mass is 35.5. The van der Waals surface area contributed by atoms with Crippen LogP contribution in [0.25, 0.3) is 0 Å². The minimum atomic E-state index is -1.15. The summed E-state index contributed by atoms with van der Waals surface area (Å²) in [6.07, 6.45) is 0. The SMILES string of the molecule is CC(C)(Oc1ccc(Cl)cc1)C(=O)N1CSCC1C(=O)O. The van der Waals surface area contributed by atoms with Gasteiger partial charge in [0.2, 0.25) is 0 Å². The molecule has 1 unspecified atom stereocenters. The van der Waals surface area contributed by atoms with E-state index < -0.39 is 17.6 Å². The summed E-state index contributed by atoms with van der Waals surface area (Å²) in [4.78, 5) is 25.1. The molecule has 7 heteroatoms. The number of ether oxygens (including phenoxy) is 1. The number of benzene rings is 1. The van der Waals surface area contributed by atoms with Gasteiger partial charge in [-0.1, -0.05) is 11.6 Å². The van der Waals surface area contributed by atoms with Crippen LogP contribution in [-0.4, -0.2) is 45.2 Å². The van der Waals surface area contributed by atoms with E-state index in [0.717, 1.165) is 0 Å². The summed E-state index contributed by atoms with van der Waals surface area (Å²) < 4.78 is 5.71. The van der Waals surface area contributed by atoms with Gasteiger partial charge in [0.1, 0.15) is 11.8 Å². The van der Waals surface area contributed by atoms with Crippen LogP contribution < -0.4 is 4.74 Å². The zero-order chi connectivity index (χ0) is 15.6. The van der Waals surface area contributed by atoms with Gasteiger partial charge in [-0.2, -0.15) is 0 Å². The molecule has 0 radical (unpaired) electrons. The first-order valence-corrected chi connectivity index (χ1v) is 7.91.